The third-order valence-electron chi connectivity index (χ3n) is 5.51. The molecule has 1 nitrogen and oxygen atoms in total. The quantitative estimate of drug-likeness (QED) is 0.689. The average molecular weight is 361 g/mol. The topological polar surface area (TPSA) is 9.23 Å². The summed E-state index contributed by atoms with van der Waals surface area (Å²) in [5.74, 6) is -0.150. The van der Waals surface area contributed by atoms with Crippen molar-refractivity contribution in [3.05, 3.63) is 64.7 Å². The molecule has 1 fully saturated rings. The highest BCUT2D eigenvalue weighted by molar-refractivity contribution is 6.08. The minimum absolute atomic E-state index is 0.0337. The van der Waals surface area contributed by atoms with Gasteiger partial charge in [-0.15, -0.1) is 0 Å². The van der Waals surface area contributed by atoms with E-state index in [2.05, 4.69) is 12.1 Å². The van der Waals surface area contributed by atoms with Crippen LogP contribution in [0.2, 0.25) is 6.04 Å². The summed E-state index contributed by atoms with van der Waals surface area (Å²) in [7, 11) is 1.32. The molecule has 0 radical (unpaired) electrons. The summed E-state index contributed by atoms with van der Waals surface area (Å²) in [5.41, 5.74) is 2.65. The van der Waals surface area contributed by atoms with Gasteiger partial charge in [0.25, 0.3) is 0 Å². The van der Waals surface area contributed by atoms with Crippen LogP contribution < -0.4 is 4.74 Å². The molecule has 2 aromatic carbocycles. The molecule has 0 spiro atoms. The maximum atomic E-state index is 13.8. The van der Waals surface area contributed by atoms with Crippen molar-refractivity contribution < 1.29 is 13.5 Å². The zero-order valence-electron chi connectivity index (χ0n) is 15.0. The average Bonchev–Trinajstić information content (AvgIpc) is 2.66. The minimum atomic E-state index is -0.910. The Balaban J connectivity index is 1.59. The van der Waals surface area contributed by atoms with E-state index in [4.69, 9.17) is 4.74 Å². The predicted octanol–water partition coefficient (Wildman–Crippen LogP) is 4.91. The number of halogens is 2. The number of ether oxygens (including phenoxy) is 1. The lowest BCUT2D eigenvalue weighted by Gasteiger charge is -2.28. The lowest BCUT2D eigenvalue weighted by molar-refractivity contribution is 0.284. The Morgan fingerprint density at radius 3 is 2.28 bits per heavy atom. The number of benzene rings is 2. The molecule has 1 saturated carbocycles. The largest absolute Gasteiger partial charge is 0.486 e. The predicted molar refractivity (Wildman–Crippen MR) is 101 cm³/mol. The monoisotopic (exact) mass is 360 g/mol. The highest BCUT2D eigenvalue weighted by Gasteiger charge is 2.21. The van der Waals surface area contributed by atoms with Crippen molar-refractivity contribution in [2.24, 2.45) is 5.92 Å². The Morgan fingerprint density at radius 1 is 0.960 bits per heavy atom. The second-order valence-electron chi connectivity index (χ2n) is 7.16. The Bertz CT molecular complexity index is 707. The maximum Gasteiger partial charge on any atom is 0.200 e. The number of aryl methyl sites for hydroxylation is 1. The summed E-state index contributed by atoms with van der Waals surface area (Å²) in [6.07, 6.45) is 5.29. The van der Waals surface area contributed by atoms with Gasteiger partial charge >= 0.3 is 0 Å². The summed E-state index contributed by atoms with van der Waals surface area (Å²) < 4.78 is 32.9. The molecule has 0 heterocycles. The standard InChI is InChI=1S/C21H26F2OSi/c1-14-2-11-19(21(23)20(14)22)24-12-15-3-7-17(8-4-15)18-9-5-16(13-25)6-10-18/h2-4,7-8,11,16,18H,5-6,9-10,12-13H2,1,25H3. The van der Waals surface area contributed by atoms with E-state index in [9.17, 15) is 8.78 Å². The van der Waals surface area contributed by atoms with E-state index in [1.54, 1.807) is 0 Å². The van der Waals surface area contributed by atoms with Crippen LogP contribution in [0.15, 0.2) is 36.4 Å². The molecule has 25 heavy (non-hydrogen) atoms. The van der Waals surface area contributed by atoms with Gasteiger partial charge in [0.1, 0.15) is 6.61 Å². The van der Waals surface area contributed by atoms with Crippen molar-refractivity contribution in [2.75, 3.05) is 0 Å². The Kier molecular flexibility index (Phi) is 5.89. The van der Waals surface area contributed by atoms with E-state index in [1.807, 2.05) is 12.1 Å². The summed E-state index contributed by atoms with van der Waals surface area (Å²) >= 11 is 0. The van der Waals surface area contributed by atoms with Crippen LogP contribution in [0.3, 0.4) is 0 Å². The molecule has 0 atom stereocenters. The molecule has 1 aliphatic carbocycles. The van der Waals surface area contributed by atoms with Crippen LogP contribution in [0.25, 0.3) is 0 Å². The molecule has 0 aliphatic heterocycles. The van der Waals surface area contributed by atoms with Gasteiger partial charge in [-0.3, -0.25) is 0 Å². The van der Waals surface area contributed by atoms with E-state index in [-0.39, 0.29) is 17.9 Å². The Morgan fingerprint density at radius 2 is 1.64 bits per heavy atom. The van der Waals surface area contributed by atoms with Gasteiger partial charge in [-0.1, -0.05) is 49.2 Å². The molecule has 0 saturated heterocycles. The molecule has 0 N–H and O–H groups in total. The van der Waals surface area contributed by atoms with Gasteiger partial charge in [0, 0.05) is 10.2 Å². The van der Waals surface area contributed by atoms with Gasteiger partial charge in [-0.25, -0.2) is 4.39 Å². The molecule has 1 aliphatic rings. The fraction of sp³-hybridized carbons (Fsp3) is 0.429. The van der Waals surface area contributed by atoms with Crippen molar-refractivity contribution in [2.45, 2.75) is 51.2 Å². The first kappa shape index (κ1) is 18.1. The second kappa shape index (κ2) is 8.13. The fourth-order valence-electron chi connectivity index (χ4n) is 3.69. The molecule has 4 heteroatoms. The van der Waals surface area contributed by atoms with Gasteiger partial charge in [-0.2, -0.15) is 4.39 Å². The molecule has 0 bridgehead atoms. The molecule has 0 amide bonds. The zero-order chi connectivity index (χ0) is 17.8. The SMILES string of the molecule is Cc1ccc(OCc2ccc(C3CCC(C[SiH3])CC3)cc2)c(F)c1F. The summed E-state index contributed by atoms with van der Waals surface area (Å²) in [4.78, 5) is 0. The molecule has 0 unspecified atom stereocenters. The minimum Gasteiger partial charge on any atom is -0.486 e. The van der Waals surface area contributed by atoms with Gasteiger partial charge in [0.2, 0.25) is 5.82 Å². The highest BCUT2D eigenvalue weighted by Crippen LogP contribution is 2.36. The normalized spacial score (nSPS) is 20.6. The van der Waals surface area contributed by atoms with Gasteiger partial charge in [-0.05, 0) is 54.4 Å². The van der Waals surface area contributed by atoms with Crippen LogP contribution in [0.5, 0.6) is 5.75 Å². The third kappa shape index (κ3) is 4.29. The summed E-state index contributed by atoms with van der Waals surface area (Å²) in [6.45, 7) is 1.78. The Hall–Kier alpha value is -1.68. The van der Waals surface area contributed by atoms with E-state index in [0.29, 0.717) is 5.92 Å². The summed E-state index contributed by atoms with van der Waals surface area (Å²) in [5, 5.41) is 0. The van der Waals surface area contributed by atoms with Gasteiger partial charge in [0.05, 0.1) is 0 Å². The molecular weight excluding hydrogens is 334 g/mol. The summed E-state index contributed by atoms with van der Waals surface area (Å²) in [6, 6.07) is 12.8. The lowest BCUT2D eigenvalue weighted by Crippen LogP contribution is -2.13. The first-order valence-electron chi connectivity index (χ1n) is 9.24. The number of rotatable bonds is 5. The lowest BCUT2D eigenvalue weighted by atomic mass is 9.79. The third-order valence-corrected chi connectivity index (χ3v) is 6.66. The van der Waals surface area contributed by atoms with Crippen molar-refractivity contribution in [3.8, 4) is 5.75 Å². The van der Waals surface area contributed by atoms with Crippen molar-refractivity contribution in [3.63, 3.8) is 0 Å². The van der Waals surface area contributed by atoms with Crippen molar-refractivity contribution in [1.29, 1.82) is 0 Å². The van der Waals surface area contributed by atoms with Crippen LogP contribution in [-0.4, -0.2) is 10.2 Å². The van der Waals surface area contributed by atoms with Crippen LogP contribution >= 0.6 is 0 Å². The van der Waals surface area contributed by atoms with Gasteiger partial charge < -0.3 is 4.74 Å². The first-order chi connectivity index (χ1) is 12.1. The zero-order valence-corrected chi connectivity index (χ0v) is 17.0. The molecule has 3 rings (SSSR count). The Labute approximate surface area is 151 Å². The van der Waals surface area contributed by atoms with Crippen molar-refractivity contribution in [1.82, 2.24) is 0 Å². The van der Waals surface area contributed by atoms with E-state index >= 15 is 0 Å². The highest BCUT2D eigenvalue weighted by atomic mass is 28.1. The maximum absolute atomic E-state index is 13.8. The smallest absolute Gasteiger partial charge is 0.200 e. The molecule has 134 valence electrons. The first-order valence-corrected chi connectivity index (χ1v) is 10.7. The fourth-order valence-corrected chi connectivity index (χ4v) is 4.51. The van der Waals surface area contributed by atoms with E-state index < -0.39 is 11.6 Å². The van der Waals surface area contributed by atoms with Crippen molar-refractivity contribution >= 4 is 10.2 Å². The second-order valence-corrected chi connectivity index (χ2v) is 7.98. The van der Waals surface area contributed by atoms with Crippen LogP contribution in [0.4, 0.5) is 8.78 Å². The van der Waals surface area contributed by atoms with E-state index in [1.165, 1.54) is 66.6 Å². The van der Waals surface area contributed by atoms with E-state index in [0.717, 1.165) is 11.5 Å². The molecular formula is C21H26F2OSi. The number of hydrogen-bond donors (Lipinski definition) is 0. The molecule has 0 aromatic heterocycles. The van der Waals surface area contributed by atoms with Crippen LogP contribution in [0, 0.1) is 24.5 Å². The van der Waals surface area contributed by atoms with Crippen LogP contribution in [-0.2, 0) is 6.61 Å². The van der Waals surface area contributed by atoms with Gasteiger partial charge in [0.15, 0.2) is 11.6 Å². The number of hydrogen-bond acceptors (Lipinski definition) is 1. The molecule has 2 aromatic rings. The van der Waals surface area contributed by atoms with Crippen LogP contribution in [0.1, 0.15) is 48.3 Å².